The maximum atomic E-state index is 9.71. The fraction of sp³-hybridized carbons (Fsp3) is 1.00. The summed E-state index contributed by atoms with van der Waals surface area (Å²) in [5.41, 5.74) is 0. The van der Waals surface area contributed by atoms with Crippen LogP contribution in [0.25, 0.3) is 0 Å². The van der Waals surface area contributed by atoms with Gasteiger partial charge in [-0.15, -0.1) is 0 Å². The van der Waals surface area contributed by atoms with Crippen molar-refractivity contribution < 1.29 is 5.11 Å². The first-order chi connectivity index (χ1) is 5.13. The van der Waals surface area contributed by atoms with Crippen molar-refractivity contribution in [3.63, 3.8) is 0 Å². The molecule has 1 aliphatic rings. The molecule has 0 heterocycles. The Morgan fingerprint density at radius 3 is 2.27 bits per heavy atom. The van der Waals surface area contributed by atoms with Crippen molar-refractivity contribution in [2.45, 2.75) is 46.1 Å². The minimum Gasteiger partial charge on any atom is -0.393 e. The van der Waals surface area contributed by atoms with Crippen molar-refractivity contribution in [2.75, 3.05) is 0 Å². The molecule has 1 saturated carbocycles. The molecule has 1 heteroatoms. The van der Waals surface area contributed by atoms with E-state index in [0.29, 0.717) is 11.8 Å². The minimum absolute atomic E-state index is 0.0289. The van der Waals surface area contributed by atoms with Gasteiger partial charge in [0.1, 0.15) is 0 Å². The Labute approximate surface area is 69.8 Å². The number of aliphatic hydroxyl groups is 1. The molecule has 0 aromatic heterocycles. The summed E-state index contributed by atoms with van der Waals surface area (Å²) in [6.45, 7) is 6.71. The molecule has 3 unspecified atom stereocenters. The average molecular weight is 156 g/mol. The second-order valence-corrected chi connectivity index (χ2v) is 4.30. The van der Waals surface area contributed by atoms with E-state index >= 15 is 0 Å². The van der Waals surface area contributed by atoms with Crippen LogP contribution in [0, 0.1) is 17.8 Å². The lowest BCUT2D eigenvalue weighted by Gasteiger charge is -2.36. The van der Waals surface area contributed by atoms with Gasteiger partial charge in [0.25, 0.3) is 0 Å². The zero-order valence-corrected chi connectivity index (χ0v) is 7.88. The van der Waals surface area contributed by atoms with E-state index in [1.807, 2.05) is 0 Å². The number of hydrogen-bond donors (Lipinski definition) is 1. The second-order valence-electron chi connectivity index (χ2n) is 4.30. The molecule has 0 aliphatic heterocycles. The average Bonchev–Trinajstić information content (AvgIpc) is 1.85. The first kappa shape index (κ1) is 9.05. The first-order valence-corrected chi connectivity index (χ1v) is 4.81. The van der Waals surface area contributed by atoms with Crippen molar-refractivity contribution >= 4 is 0 Å². The largest absolute Gasteiger partial charge is 0.393 e. The summed E-state index contributed by atoms with van der Waals surface area (Å²) in [7, 11) is 0. The van der Waals surface area contributed by atoms with E-state index in [1.165, 1.54) is 12.8 Å². The van der Waals surface area contributed by atoms with Gasteiger partial charge in [-0.3, -0.25) is 0 Å². The zero-order valence-electron chi connectivity index (χ0n) is 7.88. The Balaban J connectivity index is 2.55. The topological polar surface area (TPSA) is 20.2 Å². The lowest BCUT2D eigenvalue weighted by atomic mass is 9.73. The highest BCUT2D eigenvalue weighted by atomic mass is 16.3. The van der Waals surface area contributed by atoms with Crippen LogP contribution in [0.4, 0.5) is 0 Å². The highest BCUT2D eigenvalue weighted by Gasteiger charge is 2.31. The van der Waals surface area contributed by atoms with Crippen LogP contribution >= 0.6 is 0 Å². The van der Waals surface area contributed by atoms with Gasteiger partial charge in [0.15, 0.2) is 0 Å². The molecule has 1 nitrogen and oxygen atoms in total. The monoisotopic (exact) mass is 156 g/mol. The summed E-state index contributed by atoms with van der Waals surface area (Å²) in [5, 5.41) is 9.71. The van der Waals surface area contributed by atoms with Crippen molar-refractivity contribution in [1.82, 2.24) is 0 Å². The van der Waals surface area contributed by atoms with Gasteiger partial charge in [0, 0.05) is 0 Å². The Morgan fingerprint density at radius 2 is 1.91 bits per heavy atom. The molecule has 0 amide bonds. The molecule has 1 aliphatic carbocycles. The third kappa shape index (κ3) is 1.96. The molecular weight excluding hydrogens is 136 g/mol. The van der Waals surface area contributed by atoms with Crippen LogP contribution in [0.3, 0.4) is 0 Å². The molecular formula is C10H20O. The van der Waals surface area contributed by atoms with E-state index in [2.05, 4.69) is 20.8 Å². The quantitative estimate of drug-likeness (QED) is 0.618. The van der Waals surface area contributed by atoms with Gasteiger partial charge in [-0.05, 0) is 24.2 Å². The maximum absolute atomic E-state index is 9.71. The summed E-state index contributed by atoms with van der Waals surface area (Å²) in [6.07, 6.45) is 3.51. The predicted molar refractivity (Wildman–Crippen MR) is 47.3 cm³/mol. The Bertz CT molecular complexity index is 110. The first-order valence-electron chi connectivity index (χ1n) is 4.81. The highest BCUT2D eigenvalue weighted by Crippen LogP contribution is 2.34. The van der Waals surface area contributed by atoms with Gasteiger partial charge in [-0.25, -0.2) is 0 Å². The SMILES string of the molecule is CC(C)C1C(C)CCCC1O. The molecule has 0 aromatic carbocycles. The van der Waals surface area contributed by atoms with E-state index in [-0.39, 0.29) is 6.10 Å². The fourth-order valence-electron chi connectivity index (χ4n) is 2.51. The van der Waals surface area contributed by atoms with E-state index < -0.39 is 0 Å². The van der Waals surface area contributed by atoms with E-state index in [1.54, 1.807) is 0 Å². The summed E-state index contributed by atoms with van der Waals surface area (Å²) in [4.78, 5) is 0. The third-order valence-corrected chi connectivity index (χ3v) is 3.03. The zero-order chi connectivity index (χ0) is 8.43. The van der Waals surface area contributed by atoms with Gasteiger partial charge in [-0.2, -0.15) is 0 Å². The summed E-state index contributed by atoms with van der Waals surface area (Å²) in [6, 6.07) is 0. The van der Waals surface area contributed by atoms with Crippen LogP contribution in [0.2, 0.25) is 0 Å². The Morgan fingerprint density at radius 1 is 1.27 bits per heavy atom. The fourth-order valence-corrected chi connectivity index (χ4v) is 2.51. The smallest absolute Gasteiger partial charge is 0.0573 e. The molecule has 66 valence electrons. The molecule has 1 fully saturated rings. The second kappa shape index (κ2) is 3.57. The van der Waals surface area contributed by atoms with Gasteiger partial charge >= 0.3 is 0 Å². The summed E-state index contributed by atoms with van der Waals surface area (Å²) < 4.78 is 0. The standard InChI is InChI=1S/C10H20O/c1-7(2)10-8(3)5-4-6-9(10)11/h7-11H,4-6H2,1-3H3. The molecule has 0 bridgehead atoms. The van der Waals surface area contributed by atoms with E-state index in [9.17, 15) is 5.11 Å². The van der Waals surface area contributed by atoms with E-state index in [4.69, 9.17) is 0 Å². The number of hydrogen-bond acceptors (Lipinski definition) is 1. The number of aliphatic hydroxyl groups excluding tert-OH is 1. The molecule has 0 aromatic rings. The van der Waals surface area contributed by atoms with E-state index in [0.717, 1.165) is 12.3 Å². The van der Waals surface area contributed by atoms with Crippen LogP contribution in [0.15, 0.2) is 0 Å². The summed E-state index contributed by atoms with van der Waals surface area (Å²) >= 11 is 0. The van der Waals surface area contributed by atoms with Crippen LogP contribution in [-0.2, 0) is 0 Å². The maximum Gasteiger partial charge on any atom is 0.0573 e. The van der Waals surface area contributed by atoms with Crippen molar-refractivity contribution in [3.05, 3.63) is 0 Å². The lowest BCUT2D eigenvalue weighted by molar-refractivity contribution is 0.0131. The third-order valence-electron chi connectivity index (χ3n) is 3.03. The van der Waals surface area contributed by atoms with Crippen molar-refractivity contribution in [3.8, 4) is 0 Å². The Kier molecular flexibility index (Phi) is 2.94. The highest BCUT2D eigenvalue weighted by molar-refractivity contribution is 4.81. The van der Waals surface area contributed by atoms with Gasteiger partial charge in [-0.1, -0.05) is 33.6 Å². The van der Waals surface area contributed by atoms with Crippen LogP contribution in [-0.4, -0.2) is 11.2 Å². The molecule has 11 heavy (non-hydrogen) atoms. The van der Waals surface area contributed by atoms with Gasteiger partial charge in [0.05, 0.1) is 6.10 Å². The Hall–Kier alpha value is -0.0400. The van der Waals surface area contributed by atoms with Crippen LogP contribution in [0.5, 0.6) is 0 Å². The molecule has 0 saturated heterocycles. The predicted octanol–water partition coefficient (Wildman–Crippen LogP) is 2.44. The van der Waals surface area contributed by atoms with Crippen LogP contribution < -0.4 is 0 Å². The number of rotatable bonds is 1. The van der Waals surface area contributed by atoms with Crippen LogP contribution in [0.1, 0.15) is 40.0 Å². The van der Waals surface area contributed by atoms with Gasteiger partial charge < -0.3 is 5.11 Å². The van der Waals surface area contributed by atoms with Crippen molar-refractivity contribution in [1.29, 1.82) is 0 Å². The minimum atomic E-state index is -0.0289. The van der Waals surface area contributed by atoms with Crippen molar-refractivity contribution in [2.24, 2.45) is 17.8 Å². The molecule has 1 rings (SSSR count). The molecule has 1 N–H and O–H groups in total. The lowest BCUT2D eigenvalue weighted by Crippen LogP contribution is -2.34. The summed E-state index contributed by atoms with van der Waals surface area (Å²) in [5.74, 6) is 1.91. The van der Waals surface area contributed by atoms with Gasteiger partial charge in [0.2, 0.25) is 0 Å². The normalized spacial score (nSPS) is 39.5. The molecule has 0 radical (unpaired) electrons. The molecule has 3 atom stereocenters. The molecule has 0 spiro atoms.